The number of aromatic nitrogens is 2. The summed E-state index contributed by atoms with van der Waals surface area (Å²) in [7, 11) is 0. The molecular weight excluding hydrogens is 418 g/mol. The number of aliphatic carboxylic acids is 1. The minimum absolute atomic E-state index is 0.0617. The standard InChI is InChI=1S/C22H17N3O3S2/c26-19(27)11-12-24-21(28)18(30-22(24)29)13-16-14-25(17-9-5-2-6-10-17)23-20(16)15-7-3-1-4-8-15/h1-10,13-14H,11-12H2,(H,26,27). The maximum absolute atomic E-state index is 12.8. The summed E-state index contributed by atoms with van der Waals surface area (Å²) in [5, 5.41) is 13.6. The van der Waals surface area contributed by atoms with Crippen molar-refractivity contribution in [3.8, 4) is 16.9 Å². The molecule has 8 heteroatoms. The number of carboxylic acids is 1. The summed E-state index contributed by atoms with van der Waals surface area (Å²) >= 11 is 6.46. The highest BCUT2D eigenvalue weighted by Crippen LogP contribution is 2.34. The highest BCUT2D eigenvalue weighted by molar-refractivity contribution is 8.26. The number of amides is 1. The summed E-state index contributed by atoms with van der Waals surface area (Å²) in [5.41, 5.74) is 3.36. The Morgan fingerprint density at radius 2 is 1.77 bits per heavy atom. The number of thioether (sulfide) groups is 1. The lowest BCUT2D eigenvalue weighted by molar-refractivity contribution is -0.137. The van der Waals surface area contributed by atoms with Gasteiger partial charge in [0.05, 0.1) is 22.7 Å². The van der Waals surface area contributed by atoms with Gasteiger partial charge in [-0.05, 0) is 18.2 Å². The molecule has 0 radical (unpaired) electrons. The van der Waals surface area contributed by atoms with Gasteiger partial charge in [0.1, 0.15) is 4.32 Å². The monoisotopic (exact) mass is 435 g/mol. The molecule has 0 atom stereocenters. The summed E-state index contributed by atoms with van der Waals surface area (Å²) in [5.74, 6) is -1.25. The lowest BCUT2D eigenvalue weighted by atomic mass is 10.1. The fraction of sp³-hybridized carbons (Fsp3) is 0.0909. The van der Waals surface area contributed by atoms with Crippen LogP contribution in [-0.2, 0) is 9.59 Å². The van der Waals surface area contributed by atoms with E-state index in [2.05, 4.69) is 0 Å². The van der Waals surface area contributed by atoms with Gasteiger partial charge >= 0.3 is 5.97 Å². The third-order valence-electron chi connectivity index (χ3n) is 4.52. The number of rotatable bonds is 6. The molecule has 0 aliphatic carbocycles. The Bertz CT molecular complexity index is 1140. The van der Waals surface area contributed by atoms with Crippen LogP contribution in [0, 0.1) is 0 Å². The first-order chi connectivity index (χ1) is 14.5. The number of nitrogens with zero attached hydrogens (tertiary/aromatic N) is 3. The van der Waals surface area contributed by atoms with Crippen LogP contribution < -0.4 is 0 Å². The summed E-state index contributed by atoms with van der Waals surface area (Å²) in [4.78, 5) is 25.4. The van der Waals surface area contributed by atoms with E-state index in [4.69, 9.17) is 22.4 Å². The Hall–Kier alpha value is -3.23. The van der Waals surface area contributed by atoms with E-state index in [-0.39, 0.29) is 18.9 Å². The number of thiocarbonyl (C=S) groups is 1. The predicted octanol–water partition coefficient (Wildman–Crippen LogP) is 4.22. The number of carbonyl (C=O) groups excluding carboxylic acids is 1. The molecule has 0 saturated carbocycles. The van der Waals surface area contributed by atoms with Crippen molar-refractivity contribution in [3.63, 3.8) is 0 Å². The lowest BCUT2D eigenvalue weighted by Gasteiger charge is -2.12. The van der Waals surface area contributed by atoms with Crippen LogP contribution in [0.25, 0.3) is 23.0 Å². The zero-order valence-electron chi connectivity index (χ0n) is 15.8. The molecule has 0 unspecified atom stereocenters. The zero-order valence-corrected chi connectivity index (χ0v) is 17.4. The molecule has 1 aliphatic rings. The van der Waals surface area contributed by atoms with E-state index in [9.17, 15) is 9.59 Å². The smallest absolute Gasteiger partial charge is 0.305 e. The van der Waals surface area contributed by atoms with Crippen molar-refractivity contribution in [2.24, 2.45) is 0 Å². The van der Waals surface area contributed by atoms with Crippen molar-refractivity contribution >= 4 is 46.3 Å². The number of hydrogen-bond acceptors (Lipinski definition) is 5. The number of carbonyl (C=O) groups is 2. The van der Waals surface area contributed by atoms with Crippen molar-refractivity contribution in [3.05, 3.63) is 77.3 Å². The van der Waals surface area contributed by atoms with Crippen molar-refractivity contribution < 1.29 is 14.7 Å². The van der Waals surface area contributed by atoms with Crippen molar-refractivity contribution in [1.82, 2.24) is 14.7 Å². The van der Waals surface area contributed by atoms with E-state index in [1.165, 1.54) is 16.7 Å². The maximum atomic E-state index is 12.8. The molecule has 6 nitrogen and oxygen atoms in total. The molecule has 150 valence electrons. The molecule has 30 heavy (non-hydrogen) atoms. The van der Waals surface area contributed by atoms with E-state index in [0.29, 0.717) is 9.23 Å². The van der Waals surface area contributed by atoms with Crippen molar-refractivity contribution in [1.29, 1.82) is 0 Å². The molecule has 1 N–H and O–H groups in total. The summed E-state index contributed by atoms with van der Waals surface area (Å²) in [6.07, 6.45) is 3.50. The predicted molar refractivity (Wildman–Crippen MR) is 121 cm³/mol. The number of para-hydroxylation sites is 1. The lowest BCUT2D eigenvalue weighted by Crippen LogP contribution is -2.30. The van der Waals surface area contributed by atoms with E-state index < -0.39 is 5.97 Å². The molecule has 1 aromatic heterocycles. The fourth-order valence-electron chi connectivity index (χ4n) is 3.07. The van der Waals surface area contributed by atoms with Gasteiger partial charge in [-0.15, -0.1) is 0 Å². The molecule has 1 amide bonds. The molecule has 1 saturated heterocycles. The second-order valence-electron chi connectivity index (χ2n) is 6.56. The van der Waals surface area contributed by atoms with Crippen LogP contribution in [0.15, 0.2) is 71.8 Å². The minimum atomic E-state index is -0.969. The van der Waals surface area contributed by atoms with Crippen LogP contribution in [0.5, 0.6) is 0 Å². The molecule has 0 bridgehead atoms. The fourth-order valence-corrected chi connectivity index (χ4v) is 4.37. The van der Waals surface area contributed by atoms with Gasteiger partial charge in [0.15, 0.2) is 0 Å². The molecule has 1 aliphatic heterocycles. The molecule has 3 aromatic rings. The largest absolute Gasteiger partial charge is 0.481 e. The topological polar surface area (TPSA) is 75.4 Å². The second kappa shape index (κ2) is 8.64. The van der Waals surface area contributed by atoms with Gasteiger partial charge in [-0.1, -0.05) is 72.5 Å². The highest BCUT2D eigenvalue weighted by Gasteiger charge is 2.32. The first-order valence-corrected chi connectivity index (χ1v) is 10.4. The normalized spacial score (nSPS) is 15.2. The molecule has 0 spiro atoms. The average Bonchev–Trinajstić information content (AvgIpc) is 3.29. The Morgan fingerprint density at radius 1 is 1.10 bits per heavy atom. The van der Waals surface area contributed by atoms with E-state index in [0.717, 1.165) is 22.5 Å². The summed E-state index contributed by atoms with van der Waals surface area (Å²) in [6, 6.07) is 19.5. The van der Waals surface area contributed by atoms with Crippen molar-refractivity contribution in [2.45, 2.75) is 6.42 Å². The Morgan fingerprint density at radius 3 is 2.43 bits per heavy atom. The Balaban J connectivity index is 1.73. The average molecular weight is 436 g/mol. The van der Waals surface area contributed by atoms with Crippen LogP contribution in [0.1, 0.15) is 12.0 Å². The van der Waals surface area contributed by atoms with Crippen LogP contribution in [-0.4, -0.2) is 42.5 Å². The first kappa shape index (κ1) is 20.1. The SMILES string of the molecule is O=C(O)CCN1C(=O)C(=Cc2cn(-c3ccccc3)nc2-c2ccccc2)SC1=S. The molecule has 2 aromatic carbocycles. The second-order valence-corrected chi connectivity index (χ2v) is 8.23. The molecule has 2 heterocycles. The van der Waals surface area contributed by atoms with Crippen LogP contribution in [0.3, 0.4) is 0 Å². The van der Waals surface area contributed by atoms with Gasteiger partial charge in [0.2, 0.25) is 0 Å². The molecule has 4 rings (SSSR count). The number of carboxylic acid groups (broad SMARTS) is 1. The number of benzene rings is 2. The molecule has 1 fully saturated rings. The van der Waals surface area contributed by atoms with Crippen LogP contribution >= 0.6 is 24.0 Å². The summed E-state index contributed by atoms with van der Waals surface area (Å²) < 4.78 is 2.14. The van der Waals surface area contributed by atoms with Crippen LogP contribution in [0.4, 0.5) is 0 Å². The molecular formula is C22H17N3O3S2. The van der Waals surface area contributed by atoms with Gasteiger partial charge in [-0.2, -0.15) is 5.10 Å². The van der Waals surface area contributed by atoms with Gasteiger partial charge in [0, 0.05) is 23.9 Å². The van der Waals surface area contributed by atoms with E-state index in [1.807, 2.05) is 66.9 Å². The van der Waals surface area contributed by atoms with Gasteiger partial charge in [-0.25, -0.2) is 4.68 Å². The highest BCUT2D eigenvalue weighted by atomic mass is 32.2. The Kier molecular flexibility index (Phi) is 5.78. The Labute approximate surface area is 182 Å². The maximum Gasteiger partial charge on any atom is 0.305 e. The zero-order chi connectivity index (χ0) is 21.1. The minimum Gasteiger partial charge on any atom is -0.481 e. The summed E-state index contributed by atoms with van der Waals surface area (Å²) in [6.45, 7) is 0.0617. The number of hydrogen-bond donors (Lipinski definition) is 1. The van der Waals surface area contributed by atoms with E-state index in [1.54, 1.807) is 10.8 Å². The van der Waals surface area contributed by atoms with Gasteiger partial charge < -0.3 is 5.11 Å². The quantitative estimate of drug-likeness (QED) is 0.462. The third kappa shape index (κ3) is 4.19. The third-order valence-corrected chi connectivity index (χ3v) is 5.90. The van der Waals surface area contributed by atoms with Crippen LogP contribution in [0.2, 0.25) is 0 Å². The van der Waals surface area contributed by atoms with Crippen molar-refractivity contribution in [2.75, 3.05) is 6.54 Å². The van der Waals surface area contributed by atoms with Gasteiger partial charge in [-0.3, -0.25) is 14.5 Å². The van der Waals surface area contributed by atoms with E-state index >= 15 is 0 Å². The first-order valence-electron chi connectivity index (χ1n) is 9.20. The van der Waals surface area contributed by atoms with Gasteiger partial charge in [0.25, 0.3) is 5.91 Å².